The summed E-state index contributed by atoms with van der Waals surface area (Å²) in [7, 11) is 0. The first-order chi connectivity index (χ1) is 14.0. The fraction of sp³-hybridized carbons (Fsp3) is 0.136. The maximum atomic E-state index is 12.5. The monoisotopic (exact) mass is 391 g/mol. The zero-order valence-electron chi connectivity index (χ0n) is 15.8. The van der Waals surface area contributed by atoms with E-state index in [1.807, 2.05) is 30.3 Å². The molecule has 0 saturated carbocycles. The maximum absolute atomic E-state index is 12.5. The molecule has 0 saturated heterocycles. The lowest BCUT2D eigenvalue weighted by Crippen LogP contribution is -2.37. The van der Waals surface area contributed by atoms with E-state index in [1.54, 1.807) is 43.3 Å². The van der Waals surface area contributed by atoms with E-state index >= 15 is 0 Å². The number of nitrogens with one attached hydrogen (secondary N) is 3. The molecule has 3 aromatic rings. The molecule has 2 aromatic carbocycles. The van der Waals surface area contributed by atoms with Crippen molar-refractivity contribution in [1.29, 1.82) is 0 Å². The minimum atomic E-state index is -0.848. The van der Waals surface area contributed by atoms with Gasteiger partial charge in [-0.1, -0.05) is 42.5 Å². The second-order valence-corrected chi connectivity index (χ2v) is 6.37. The second kappa shape index (κ2) is 9.36. The highest BCUT2D eigenvalue weighted by Gasteiger charge is 2.20. The molecule has 0 bridgehead atoms. The predicted molar refractivity (Wildman–Crippen MR) is 108 cm³/mol. The Morgan fingerprint density at radius 2 is 1.62 bits per heavy atom. The summed E-state index contributed by atoms with van der Waals surface area (Å²) in [6, 6.07) is 18.9. The number of benzene rings is 2. The lowest BCUT2D eigenvalue weighted by molar-refractivity contribution is -0.136. The third-order valence-electron chi connectivity index (χ3n) is 4.28. The van der Waals surface area contributed by atoms with Gasteiger partial charge in [-0.15, -0.1) is 0 Å². The van der Waals surface area contributed by atoms with Crippen LogP contribution in [0.15, 0.2) is 77.4 Å². The van der Waals surface area contributed by atoms with Crippen LogP contribution >= 0.6 is 0 Å². The lowest BCUT2D eigenvalue weighted by Gasteiger charge is -2.15. The van der Waals surface area contributed by atoms with Gasteiger partial charge in [0.25, 0.3) is 5.91 Å². The second-order valence-electron chi connectivity index (χ2n) is 6.37. The van der Waals surface area contributed by atoms with Crippen LogP contribution in [0.25, 0.3) is 0 Å². The van der Waals surface area contributed by atoms with Gasteiger partial charge in [0.2, 0.25) is 0 Å². The molecule has 1 heterocycles. The van der Waals surface area contributed by atoms with Gasteiger partial charge in [0, 0.05) is 0 Å². The summed E-state index contributed by atoms with van der Waals surface area (Å²) in [6.45, 7) is 2.00. The third-order valence-corrected chi connectivity index (χ3v) is 4.28. The number of rotatable bonds is 6. The molecule has 0 aliphatic rings. The van der Waals surface area contributed by atoms with Crippen LogP contribution in [0.2, 0.25) is 0 Å². The molecule has 0 fully saturated rings. The molecule has 7 nitrogen and oxygen atoms in total. The molecular weight excluding hydrogens is 370 g/mol. The molecule has 0 spiro atoms. The van der Waals surface area contributed by atoms with Gasteiger partial charge in [0.15, 0.2) is 0 Å². The topological polar surface area (TPSA) is 100 Å². The summed E-state index contributed by atoms with van der Waals surface area (Å²) in [6.07, 6.45) is 1.52. The van der Waals surface area contributed by atoms with E-state index in [0.29, 0.717) is 5.76 Å². The van der Waals surface area contributed by atoms with E-state index in [-0.39, 0.29) is 23.8 Å². The van der Waals surface area contributed by atoms with Gasteiger partial charge >= 0.3 is 11.8 Å². The number of amides is 3. The highest BCUT2D eigenvalue weighted by Crippen LogP contribution is 2.16. The van der Waals surface area contributed by atoms with Crippen LogP contribution in [0.5, 0.6) is 0 Å². The fourth-order valence-electron chi connectivity index (χ4n) is 2.73. The van der Waals surface area contributed by atoms with Crippen LogP contribution in [-0.4, -0.2) is 17.7 Å². The lowest BCUT2D eigenvalue weighted by atomic mass is 10.1. The van der Waals surface area contributed by atoms with Crippen LogP contribution < -0.4 is 16.0 Å². The van der Waals surface area contributed by atoms with Crippen molar-refractivity contribution in [2.24, 2.45) is 0 Å². The van der Waals surface area contributed by atoms with Gasteiger partial charge in [-0.25, -0.2) is 0 Å². The normalized spacial score (nSPS) is 11.3. The molecule has 1 atom stereocenters. The fourth-order valence-corrected chi connectivity index (χ4v) is 2.73. The Bertz CT molecular complexity index is 984. The van der Waals surface area contributed by atoms with Crippen molar-refractivity contribution in [2.75, 3.05) is 5.32 Å². The van der Waals surface area contributed by atoms with E-state index in [4.69, 9.17) is 4.42 Å². The number of para-hydroxylation sites is 1. The van der Waals surface area contributed by atoms with E-state index in [2.05, 4.69) is 16.0 Å². The van der Waals surface area contributed by atoms with E-state index in [9.17, 15) is 14.4 Å². The Balaban J connectivity index is 1.62. The molecule has 148 valence electrons. The third kappa shape index (κ3) is 5.32. The summed E-state index contributed by atoms with van der Waals surface area (Å²) in [5.41, 5.74) is 1.37. The molecule has 0 aliphatic heterocycles. The number of furan rings is 1. The van der Waals surface area contributed by atoms with Gasteiger partial charge in [0.1, 0.15) is 5.76 Å². The average Bonchev–Trinajstić information content (AvgIpc) is 3.26. The van der Waals surface area contributed by atoms with Crippen molar-refractivity contribution >= 4 is 23.4 Å². The van der Waals surface area contributed by atoms with E-state index in [0.717, 1.165) is 5.56 Å². The molecule has 0 aliphatic carbocycles. The Kier molecular flexibility index (Phi) is 6.42. The SMILES string of the molecule is C[C@H](NC(=O)C(=O)Nc1ccccc1C(=O)NCc1ccco1)c1ccccc1. The average molecular weight is 391 g/mol. The largest absolute Gasteiger partial charge is 0.467 e. The molecule has 3 amide bonds. The Morgan fingerprint density at radius 3 is 2.34 bits per heavy atom. The van der Waals surface area contributed by atoms with Gasteiger partial charge < -0.3 is 20.4 Å². The maximum Gasteiger partial charge on any atom is 0.313 e. The molecule has 0 unspecified atom stereocenters. The van der Waals surface area contributed by atoms with Crippen molar-refractivity contribution in [2.45, 2.75) is 19.5 Å². The van der Waals surface area contributed by atoms with Gasteiger partial charge in [-0.2, -0.15) is 0 Å². The van der Waals surface area contributed by atoms with Crippen molar-refractivity contribution in [3.8, 4) is 0 Å². The van der Waals surface area contributed by atoms with Crippen LogP contribution in [-0.2, 0) is 16.1 Å². The number of carbonyl (C=O) groups excluding carboxylic acids is 3. The van der Waals surface area contributed by atoms with Crippen molar-refractivity contribution in [3.05, 3.63) is 89.9 Å². The summed E-state index contributed by atoms with van der Waals surface area (Å²) in [5.74, 6) is -1.42. The van der Waals surface area contributed by atoms with E-state index < -0.39 is 17.7 Å². The minimum absolute atomic E-state index is 0.211. The molecule has 0 radical (unpaired) electrons. The van der Waals surface area contributed by atoms with Gasteiger partial charge in [0.05, 0.1) is 30.1 Å². The van der Waals surface area contributed by atoms with Crippen LogP contribution in [0.4, 0.5) is 5.69 Å². The summed E-state index contributed by atoms with van der Waals surface area (Å²) in [4.78, 5) is 37.1. The van der Waals surface area contributed by atoms with Crippen molar-refractivity contribution < 1.29 is 18.8 Å². The predicted octanol–water partition coefficient (Wildman–Crippen LogP) is 3.03. The number of hydrogen-bond donors (Lipinski definition) is 3. The molecule has 1 aromatic heterocycles. The first kappa shape index (κ1) is 19.9. The van der Waals surface area contributed by atoms with Crippen LogP contribution in [0, 0.1) is 0 Å². The first-order valence-corrected chi connectivity index (χ1v) is 9.11. The van der Waals surface area contributed by atoms with Crippen LogP contribution in [0.3, 0.4) is 0 Å². The Hall–Kier alpha value is -3.87. The Morgan fingerprint density at radius 1 is 0.897 bits per heavy atom. The molecule has 3 rings (SSSR count). The summed E-state index contributed by atoms with van der Waals surface area (Å²) >= 11 is 0. The number of hydrogen-bond acceptors (Lipinski definition) is 4. The van der Waals surface area contributed by atoms with Gasteiger partial charge in [-0.3, -0.25) is 14.4 Å². The van der Waals surface area contributed by atoms with Crippen LogP contribution in [0.1, 0.15) is 34.6 Å². The number of carbonyl (C=O) groups is 3. The van der Waals surface area contributed by atoms with Crippen molar-refractivity contribution in [3.63, 3.8) is 0 Å². The molecule has 29 heavy (non-hydrogen) atoms. The minimum Gasteiger partial charge on any atom is -0.467 e. The Labute approximate surface area is 168 Å². The smallest absolute Gasteiger partial charge is 0.313 e. The molecule has 7 heteroatoms. The highest BCUT2D eigenvalue weighted by molar-refractivity contribution is 6.40. The van der Waals surface area contributed by atoms with E-state index in [1.165, 1.54) is 6.26 Å². The summed E-state index contributed by atoms with van der Waals surface area (Å²) < 4.78 is 5.18. The highest BCUT2D eigenvalue weighted by atomic mass is 16.3. The quantitative estimate of drug-likeness (QED) is 0.562. The molecular formula is C22H21N3O4. The number of anilines is 1. The zero-order chi connectivity index (χ0) is 20.6. The molecule has 3 N–H and O–H groups in total. The van der Waals surface area contributed by atoms with Crippen molar-refractivity contribution in [1.82, 2.24) is 10.6 Å². The zero-order valence-corrected chi connectivity index (χ0v) is 15.8. The first-order valence-electron chi connectivity index (χ1n) is 9.11. The van der Waals surface area contributed by atoms with Gasteiger partial charge in [-0.05, 0) is 36.8 Å². The standard InChI is InChI=1S/C22H21N3O4/c1-15(16-8-3-2-4-9-16)24-21(27)22(28)25-19-12-6-5-11-18(19)20(26)23-14-17-10-7-13-29-17/h2-13,15H,14H2,1H3,(H,23,26)(H,24,27)(H,25,28)/t15-/m0/s1. The summed E-state index contributed by atoms with van der Waals surface area (Å²) in [5, 5.41) is 7.86.